The number of hydrogen-bond donors (Lipinski definition) is 0. The van der Waals surface area contributed by atoms with Gasteiger partial charge >= 0.3 is 0 Å². The average molecular weight is 77.9 g/mol. The van der Waals surface area contributed by atoms with Crippen LogP contribution < -0.4 is 0 Å². The molecule has 1 aliphatic rings. The van der Waals surface area contributed by atoms with Gasteiger partial charge in [0.2, 0.25) is 0 Å². The summed E-state index contributed by atoms with van der Waals surface area (Å²) in [5.41, 5.74) is 0. The highest BCUT2D eigenvalue weighted by atomic mass is 14.7. The second-order valence-corrected chi connectivity index (χ2v) is 0.952. The zero-order valence-electron chi connectivity index (χ0n) is 3.46. The molecule has 0 aliphatic carbocycles. The lowest BCUT2D eigenvalue weighted by Gasteiger charge is -1.54. The van der Waals surface area contributed by atoms with Crippen molar-refractivity contribution < 1.29 is 0 Å². The summed E-state index contributed by atoms with van der Waals surface area (Å²) in [5, 5.41) is 0. The fourth-order valence-corrected chi connectivity index (χ4v) is 0.304. The molecule has 1 aliphatic heterocycles. The summed E-state index contributed by atoms with van der Waals surface area (Å²) in [6, 6.07) is 0. The zero-order valence-corrected chi connectivity index (χ0v) is 3.46. The molecule has 0 aromatic rings. The van der Waals surface area contributed by atoms with Gasteiger partial charge < -0.3 is 0 Å². The molecule has 1 rings (SSSR count). The molecule has 3 radical (unpaired) electrons. The Morgan fingerprint density at radius 3 is 2.50 bits per heavy atom. The molecule has 1 nitrogen and oxygen atoms in total. The topological polar surface area (TPSA) is 12.4 Å². The van der Waals surface area contributed by atoms with Crippen LogP contribution >= 0.6 is 0 Å². The third-order valence-electron chi connectivity index (χ3n) is 0.538. The first kappa shape index (κ1) is 5.47. The van der Waals surface area contributed by atoms with E-state index in [-0.39, 0.29) is 8.41 Å². The Morgan fingerprint density at radius 2 is 2.33 bits per heavy atom. The van der Waals surface area contributed by atoms with Gasteiger partial charge in [0.1, 0.15) is 0 Å². The van der Waals surface area contributed by atoms with Crippen LogP contribution in [0.1, 0.15) is 6.42 Å². The minimum Gasteiger partial charge on any atom is -0.269 e. The van der Waals surface area contributed by atoms with E-state index in [1.165, 1.54) is 0 Å². The first-order valence-electron chi connectivity index (χ1n) is 1.67. The fourth-order valence-electron chi connectivity index (χ4n) is 0.304. The van der Waals surface area contributed by atoms with Crippen molar-refractivity contribution in [1.82, 2.24) is 0 Å². The molecule has 0 saturated heterocycles. The van der Waals surface area contributed by atoms with Gasteiger partial charge in [0.25, 0.3) is 0 Å². The standard InChI is InChI=1S/C4H5N.B/c1-2-4-5-3-1;/h1,3-4H,2H2;. The highest BCUT2D eigenvalue weighted by Gasteiger charge is 1.73. The molecule has 0 aromatic heterocycles. The molecule has 0 unspecified atom stereocenters. The van der Waals surface area contributed by atoms with E-state index in [4.69, 9.17) is 0 Å². The molecule has 0 saturated carbocycles. The second kappa shape index (κ2) is 2.70. The highest BCUT2D eigenvalue weighted by Crippen LogP contribution is 1.86. The Kier molecular flexibility index (Phi) is 2.46. The van der Waals surface area contributed by atoms with Crippen molar-refractivity contribution in [2.75, 3.05) is 0 Å². The van der Waals surface area contributed by atoms with Crippen molar-refractivity contribution in [1.29, 1.82) is 0 Å². The van der Waals surface area contributed by atoms with Crippen LogP contribution in [0.2, 0.25) is 0 Å². The fraction of sp³-hybridized carbons (Fsp3) is 0.250. The smallest absolute Gasteiger partial charge is 0.0227 e. The molecular formula is C4H5BN. The van der Waals surface area contributed by atoms with Crippen LogP contribution in [0.15, 0.2) is 17.3 Å². The van der Waals surface area contributed by atoms with Crippen LogP contribution in [0, 0.1) is 0 Å². The van der Waals surface area contributed by atoms with Crippen LogP contribution in [0.4, 0.5) is 0 Å². The maximum absolute atomic E-state index is 3.78. The predicted molar refractivity (Wildman–Crippen MR) is 28.0 cm³/mol. The number of rotatable bonds is 0. The average Bonchev–Trinajstić information content (AvgIpc) is 1.76. The summed E-state index contributed by atoms with van der Waals surface area (Å²) in [7, 11) is 0. The summed E-state index contributed by atoms with van der Waals surface area (Å²) < 4.78 is 0. The summed E-state index contributed by atoms with van der Waals surface area (Å²) in [6.45, 7) is 0. The Balaban J connectivity index is 0.000000250. The van der Waals surface area contributed by atoms with Gasteiger partial charge in [0.15, 0.2) is 0 Å². The molecule has 29 valence electrons. The number of allylic oxidation sites excluding steroid dienone is 1. The molecule has 0 aromatic carbocycles. The quantitative estimate of drug-likeness (QED) is 0.376. The lowest BCUT2D eigenvalue weighted by atomic mass is 10.5. The summed E-state index contributed by atoms with van der Waals surface area (Å²) in [5.74, 6) is 0. The van der Waals surface area contributed by atoms with Gasteiger partial charge in [0.05, 0.1) is 0 Å². The number of nitrogens with zero attached hydrogens (tertiary/aromatic N) is 1. The van der Waals surface area contributed by atoms with E-state index in [1.54, 1.807) is 6.20 Å². The van der Waals surface area contributed by atoms with Gasteiger partial charge in [-0.3, -0.25) is 4.99 Å². The molecule has 0 N–H and O–H groups in total. The van der Waals surface area contributed by atoms with Gasteiger partial charge in [0, 0.05) is 27.2 Å². The van der Waals surface area contributed by atoms with Crippen LogP contribution in [0.3, 0.4) is 0 Å². The first-order valence-corrected chi connectivity index (χ1v) is 1.67. The molecule has 0 bridgehead atoms. The van der Waals surface area contributed by atoms with E-state index < -0.39 is 0 Å². The normalized spacial score (nSPS) is 14.7. The zero-order chi connectivity index (χ0) is 3.54. The van der Waals surface area contributed by atoms with Crippen molar-refractivity contribution in [2.45, 2.75) is 6.42 Å². The minimum absolute atomic E-state index is 0. The first-order chi connectivity index (χ1) is 2.50. The molecule has 0 spiro atoms. The third kappa shape index (κ3) is 1.06. The maximum atomic E-state index is 3.78. The molecule has 6 heavy (non-hydrogen) atoms. The van der Waals surface area contributed by atoms with E-state index in [0.717, 1.165) is 6.42 Å². The monoisotopic (exact) mass is 78.1 g/mol. The Hall–Kier alpha value is -0.525. The molecule has 2 heteroatoms. The predicted octanol–water partition coefficient (Wildman–Crippen LogP) is 0.594. The second-order valence-electron chi connectivity index (χ2n) is 0.952. The van der Waals surface area contributed by atoms with Crippen LogP contribution in [0.5, 0.6) is 0 Å². The molecular weight excluding hydrogens is 72.9 g/mol. The summed E-state index contributed by atoms with van der Waals surface area (Å²) >= 11 is 0. The Labute approximate surface area is 39.4 Å². The van der Waals surface area contributed by atoms with Gasteiger partial charge in [-0.1, -0.05) is 6.08 Å². The van der Waals surface area contributed by atoms with E-state index in [1.807, 2.05) is 12.3 Å². The van der Waals surface area contributed by atoms with E-state index in [9.17, 15) is 0 Å². The molecule has 0 fully saturated rings. The maximum Gasteiger partial charge on any atom is 0.0227 e. The lowest BCUT2D eigenvalue weighted by Crippen LogP contribution is -1.51. The van der Waals surface area contributed by atoms with Crippen LogP contribution in [-0.4, -0.2) is 14.6 Å². The van der Waals surface area contributed by atoms with Gasteiger partial charge in [-0.2, -0.15) is 0 Å². The Bertz CT molecular complexity index is 65.6. The summed E-state index contributed by atoms with van der Waals surface area (Å²) in [6.07, 6.45) is 6.72. The Morgan fingerprint density at radius 1 is 1.50 bits per heavy atom. The van der Waals surface area contributed by atoms with Crippen molar-refractivity contribution in [3.63, 3.8) is 0 Å². The number of aliphatic imine (C=N–C) groups is 1. The van der Waals surface area contributed by atoms with Crippen molar-refractivity contribution >= 4 is 14.6 Å². The number of hydrogen-bond acceptors (Lipinski definition) is 1. The molecule has 0 amide bonds. The van der Waals surface area contributed by atoms with Crippen molar-refractivity contribution in [3.8, 4) is 0 Å². The van der Waals surface area contributed by atoms with E-state index >= 15 is 0 Å². The van der Waals surface area contributed by atoms with Crippen molar-refractivity contribution in [2.24, 2.45) is 4.99 Å². The van der Waals surface area contributed by atoms with Gasteiger partial charge in [-0.25, -0.2) is 0 Å². The van der Waals surface area contributed by atoms with Gasteiger partial charge in [-0.05, 0) is 0 Å². The van der Waals surface area contributed by atoms with Gasteiger partial charge in [-0.15, -0.1) is 0 Å². The minimum atomic E-state index is 0. The molecule has 0 atom stereocenters. The highest BCUT2D eigenvalue weighted by molar-refractivity contribution is 5.75. The van der Waals surface area contributed by atoms with E-state index in [2.05, 4.69) is 4.99 Å². The lowest BCUT2D eigenvalue weighted by molar-refractivity contribution is 1.60. The third-order valence-corrected chi connectivity index (χ3v) is 0.538. The van der Waals surface area contributed by atoms with E-state index in [0.29, 0.717) is 0 Å². The largest absolute Gasteiger partial charge is 0.269 e. The van der Waals surface area contributed by atoms with Crippen LogP contribution in [-0.2, 0) is 0 Å². The summed E-state index contributed by atoms with van der Waals surface area (Å²) in [4.78, 5) is 3.78. The SMILES string of the molecule is C1=CN=CC1.[B]. The molecule has 1 heterocycles. The van der Waals surface area contributed by atoms with Crippen molar-refractivity contribution in [3.05, 3.63) is 12.3 Å². The van der Waals surface area contributed by atoms with Crippen LogP contribution in [0.25, 0.3) is 0 Å².